The average molecular weight is 733 g/mol. The lowest BCUT2D eigenvalue weighted by Gasteiger charge is -2.77. The summed E-state index contributed by atoms with van der Waals surface area (Å²) >= 11 is 10.3. The van der Waals surface area contributed by atoms with Gasteiger partial charge in [0.15, 0.2) is 0 Å². The smallest absolute Gasteiger partial charge is 0.306 e. The highest BCUT2D eigenvalue weighted by atomic mass is 79.9. The Hall–Kier alpha value is -1.99. The number of carbonyl (C=O) groups excluding carboxylic acids is 2. The van der Waals surface area contributed by atoms with Crippen molar-refractivity contribution in [2.24, 2.45) is 0 Å². The van der Waals surface area contributed by atoms with Crippen LogP contribution in [0.3, 0.4) is 0 Å². The molecule has 4 rings (SSSR count). The normalized spacial score (nSPS) is 19.5. The van der Waals surface area contributed by atoms with Gasteiger partial charge in [-0.3, -0.25) is 9.59 Å². The van der Waals surface area contributed by atoms with E-state index in [1.54, 1.807) is 0 Å². The number of nitrogens with one attached hydrogen (secondary N) is 1. The summed E-state index contributed by atoms with van der Waals surface area (Å²) in [6, 6.07) is 13.6. The first-order chi connectivity index (χ1) is 22.3. The topological polar surface area (TPSA) is 71.5 Å². The van der Waals surface area contributed by atoms with Gasteiger partial charge >= 0.3 is 5.97 Å². The predicted octanol–water partition coefficient (Wildman–Crippen LogP) is -2.60. The van der Waals surface area contributed by atoms with Crippen LogP contribution in [0.5, 0.6) is 0 Å². The Morgan fingerprint density at radius 1 is 0.939 bits per heavy atom. The predicted molar refractivity (Wildman–Crippen MR) is 237 cm³/mol. The van der Waals surface area contributed by atoms with Gasteiger partial charge in [0, 0.05) is 39.3 Å². The lowest BCUT2D eigenvalue weighted by atomic mass is 9.05. The summed E-state index contributed by atoms with van der Waals surface area (Å²) < 4.78 is 6.47. The molecule has 0 bridgehead atoms. The molecule has 0 radical (unpaired) electrons. The second-order valence-electron chi connectivity index (χ2n) is 17.5. The van der Waals surface area contributed by atoms with E-state index >= 15 is 0 Å². The Kier molecular flexibility index (Phi) is 11.0. The van der Waals surface area contributed by atoms with Crippen molar-refractivity contribution in [1.82, 2.24) is 10.3 Å². The first kappa shape index (κ1) is 39.8. The van der Waals surface area contributed by atoms with E-state index in [2.05, 4.69) is 105 Å². The maximum absolute atomic E-state index is 14.6. The number of esters is 1. The number of rotatable bonds is 8. The first-order valence-corrected chi connectivity index (χ1v) is 18.6. The van der Waals surface area contributed by atoms with Crippen molar-refractivity contribution >= 4 is 135 Å². The lowest BCUT2D eigenvalue weighted by molar-refractivity contribution is -0.155. The summed E-state index contributed by atoms with van der Waals surface area (Å²) in [6.07, 6.45) is 0.681. The summed E-state index contributed by atoms with van der Waals surface area (Å²) in [5.74, 6) is 0.153. The van der Waals surface area contributed by atoms with Crippen molar-refractivity contribution < 1.29 is 14.3 Å². The first-order valence-electron chi connectivity index (χ1n) is 17.4. The Morgan fingerprint density at radius 2 is 1.51 bits per heavy atom. The van der Waals surface area contributed by atoms with E-state index in [1.807, 2.05) is 70.2 Å². The van der Waals surface area contributed by atoms with Crippen LogP contribution >= 0.6 is 27.5 Å². The van der Waals surface area contributed by atoms with Gasteiger partial charge in [-0.2, -0.15) is 0 Å². The molecule has 1 atom stereocenters. The van der Waals surface area contributed by atoms with Gasteiger partial charge in [-0.25, -0.2) is 4.98 Å². The fraction of sp³-hybridized carbons (Fsp3) is 0.452. The summed E-state index contributed by atoms with van der Waals surface area (Å²) in [5.41, 5.74) is 2.50. The maximum atomic E-state index is 14.6. The molecule has 1 aromatic heterocycles. The standard InChI is InChI=1S/C31H47B10BrClN3O3/c1-15-23(25(48)44-14-16(18-7-5-6-8-20(18)43)9-12-22(47)49-26(2,3)4)19-13-17(42)10-11-21(19)45-24(15)46-30(38,39)28(34,35)27(32,33)29(36,37)31(46,40)41/h5-8,10-11,13,16H,9,12,14,32-41H2,1-4H3,(H,44,48). The third-order valence-corrected chi connectivity index (χ3v) is 13.7. The Balaban J connectivity index is 1.82. The van der Waals surface area contributed by atoms with Gasteiger partial charge < -0.3 is 15.0 Å². The fourth-order valence-corrected chi connectivity index (χ4v) is 8.74. The Morgan fingerprint density at radius 3 is 2.06 bits per heavy atom. The number of amides is 1. The average Bonchev–Trinajstić information content (AvgIpc) is 2.96. The summed E-state index contributed by atoms with van der Waals surface area (Å²) in [4.78, 5) is 35.1. The van der Waals surface area contributed by atoms with Crippen LogP contribution in [0.4, 0.5) is 5.82 Å². The minimum Gasteiger partial charge on any atom is -0.460 e. The van der Waals surface area contributed by atoms with Gasteiger partial charge in [-0.05, 0) is 74.6 Å². The van der Waals surface area contributed by atoms with Crippen molar-refractivity contribution in [1.29, 1.82) is 0 Å². The molecule has 1 amide bonds. The number of nitrogens with zero attached hydrogens (tertiary/aromatic N) is 2. The zero-order valence-corrected chi connectivity index (χ0v) is 34.5. The number of pyridine rings is 1. The third-order valence-electron chi connectivity index (χ3n) is 12.9. The van der Waals surface area contributed by atoms with E-state index in [9.17, 15) is 9.59 Å². The second-order valence-corrected chi connectivity index (χ2v) is 18.8. The SMILES string of the molecule is BC1(B)N(c2nc3ccc(Br)cc3c(C(=O)NCC(CCC(=O)OC(C)(C)C)c3ccccc3Cl)c2C)C(B)(B)C(B)(B)C(B)(B)C1(B)B. The number of fused-ring (bicyclic) bond motifs is 1. The molecule has 2 heterocycles. The van der Waals surface area contributed by atoms with Gasteiger partial charge in [0.05, 0.1) is 58.2 Å². The molecule has 2 aromatic carbocycles. The number of carbonyl (C=O) groups is 2. The summed E-state index contributed by atoms with van der Waals surface area (Å²) in [5, 5.41) is 3.66. The molecule has 1 N–H and O–H groups in total. The van der Waals surface area contributed by atoms with Gasteiger partial charge in [0.25, 0.3) is 5.91 Å². The molecule has 18 heteroatoms. The quantitative estimate of drug-likeness (QED) is 0.204. The van der Waals surface area contributed by atoms with Crippen LogP contribution in [-0.2, 0) is 9.53 Å². The van der Waals surface area contributed by atoms with Crippen LogP contribution in [0.15, 0.2) is 46.9 Å². The summed E-state index contributed by atoms with van der Waals surface area (Å²) in [7, 11) is 23.5. The van der Waals surface area contributed by atoms with E-state index < -0.39 is 5.60 Å². The monoisotopic (exact) mass is 733 g/mol. The minimum atomic E-state index is -0.575. The molecule has 1 aliphatic heterocycles. The fourth-order valence-electron chi connectivity index (χ4n) is 8.09. The van der Waals surface area contributed by atoms with E-state index in [-0.39, 0.29) is 50.5 Å². The highest BCUT2D eigenvalue weighted by Crippen LogP contribution is 2.69. The van der Waals surface area contributed by atoms with Gasteiger partial charge in [0.1, 0.15) is 42.8 Å². The van der Waals surface area contributed by atoms with Crippen molar-refractivity contribution in [3.63, 3.8) is 0 Å². The van der Waals surface area contributed by atoms with Crippen molar-refractivity contribution in [3.8, 4) is 0 Å². The minimum absolute atomic E-state index is 0.0354. The number of hydrogen-bond acceptors (Lipinski definition) is 5. The number of aromatic nitrogens is 1. The highest BCUT2D eigenvalue weighted by molar-refractivity contribution is 9.10. The summed E-state index contributed by atoms with van der Waals surface area (Å²) in [6.45, 7) is 7.91. The second kappa shape index (κ2) is 13.5. The van der Waals surface area contributed by atoms with Crippen molar-refractivity contribution in [2.75, 3.05) is 11.4 Å². The molecule has 1 unspecified atom stereocenters. The van der Waals surface area contributed by atoms with Crippen LogP contribution in [0.2, 0.25) is 20.7 Å². The van der Waals surface area contributed by atoms with Crippen molar-refractivity contribution in [2.45, 2.75) is 78.4 Å². The van der Waals surface area contributed by atoms with Crippen LogP contribution in [0, 0.1) is 6.92 Å². The van der Waals surface area contributed by atoms with Crippen LogP contribution < -0.4 is 10.2 Å². The molecule has 3 aromatic rings. The molecule has 0 saturated carbocycles. The van der Waals surface area contributed by atoms with Crippen molar-refractivity contribution in [3.05, 3.63) is 68.7 Å². The number of ether oxygens (including phenoxy) is 1. The van der Waals surface area contributed by atoms with Crippen LogP contribution in [0.1, 0.15) is 61.0 Å². The van der Waals surface area contributed by atoms with Crippen LogP contribution in [0.25, 0.3) is 10.9 Å². The molecular weight excluding hydrogens is 686 g/mol. The lowest BCUT2D eigenvalue weighted by Crippen LogP contribution is -2.81. The van der Waals surface area contributed by atoms with Gasteiger partial charge in [-0.15, -0.1) is 0 Å². The van der Waals surface area contributed by atoms with E-state index in [4.69, 9.17) is 21.3 Å². The molecule has 1 saturated heterocycles. The highest BCUT2D eigenvalue weighted by Gasteiger charge is 2.66. The Labute approximate surface area is 316 Å². The van der Waals surface area contributed by atoms with Gasteiger partial charge in [-0.1, -0.05) is 61.4 Å². The number of benzene rings is 2. The van der Waals surface area contributed by atoms with Crippen LogP contribution in [-0.4, -0.2) is 118 Å². The molecular formula is C31H47B10BrClN3O3. The van der Waals surface area contributed by atoms with E-state index in [1.165, 1.54) is 0 Å². The molecule has 6 nitrogen and oxygen atoms in total. The maximum Gasteiger partial charge on any atom is 0.306 e. The zero-order chi connectivity index (χ0) is 37.1. The number of piperidine rings is 1. The zero-order valence-electron chi connectivity index (χ0n) is 32.1. The molecule has 0 spiro atoms. The van der Waals surface area contributed by atoms with E-state index in [0.29, 0.717) is 23.6 Å². The van der Waals surface area contributed by atoms with Gasteiger partial charge in [0.2, 0.25) is 0 Å². The third kappa shape index (κ3) is 6.98. The Bertz CT molecular complexity index is 1760. The molecule has 0 aliphatic carbocycles. The number of hydrogen-bond donors (Lipinski definition) is 1. The van der Waals surface area contributed by atoms with E-state index in [0.717, 1.165) is 32.3 Å². The molecule has 1 aliphatic rings. The number of halogens is 2. The largest absolute Gasteiger partial charge is 0.460 e. The number of anilines is 1. The molecule has 1 fully saturated rings. The molecule has 49 heavy (non-hydrogen) atoms. The molecule has 248 valence electrons.